The molecule has 0 spiro atoms. The van der Waals surface area contributed by atoms with Crippen molar-refractivity contribution in [3.8, 4) is 11.5 Å². The number of aryl methyl sites for hydroxylation is 2. The van der Waals surface area contributed by atoms with Gasteiger partial charge in [-0.1, -0.05) is 24.1 Å². The Bertz CT molecular complexity index is 911. The first kappa shape index (κ1) is 18.3. The van der Waals surface area contributed by atoms with E-state index in [1.807, 2.05) is 32.9 Å². The fraction of sp³-hybridized carbons (Fsp3) is 0.529. The van der Waals surface area contributed by atoms with E-state index in [9.17, 15) is 8.42 Å². The van der Waals surface area contributed by atoms with Gasteiger partial charge >= 0.3 is 0 Å². The average Bonchev–Trinajstić information content (AvgIpc) is 3.06. The van der Waals surface area contributed by atoms with Crippen molar-refractivity contribution in [1.82, 2.24) is 14.7 Å². The Morgan fingerprint density at radius 1 is 1.32 bits per heavy atom. The maximum atomic E-state index is 11.7. The molecule has 0 saturated carbocycles. The Hall–Kier alpha value is -1.51. The highest BCUT2D eigenvalue weighted by Gasteiger charge is 2.32. The van der Waals surface area contributed by atoms with E-state index in [0.717, 1.165) is 23.2 Å². The fourth-order valence-electron chi connectivity index (χ4n) is 3.32. The molecule has 136 valence electrons. The van der Waals surface area contributed by atoms with Crippen molar-refractivity contribution in [2.24, 2.45) is 0 Å². The zero-order valence-electron chi connectivity index (χ0n) is 14.7. The van der Waals surface area contributed by atoms with Crippen LogP contribution in [-0.2, 0) is 16.5 Å². The normalized spacial score (nSPS) is 19.6. The zero-order chi connectivity index (χ0) is 18.2. The molecule has 1 aliphatic heterocycles. The van der Waals surface area contributed by atoms with Crippen LogP contribution in [0, 0.1) is 18.7 Å². The van der Waals surface area contributed by atoms with E-state index in [-0.39, 0.29) is 17.5 Å². The fourth-order valence-corrected chi connectivity index (χ4v) is 5.26. The third-order valence-electron chi connectivity index (χ3n) is 4.52. The van der Waals surface area contributed by atoms with Gasteiger partial charge in [0, 0.05) is 11.6 Å². The maximum Gasteiger partial charge on any atom is 0.288 e. The second kappa shape index (κ2) is 7.01. The molecule has 0 unspecified atom stereocenters. The van der Waals surface area contributed by atoms with Crippen LogP contribution in [0.25, 0.3) is 11.5 Å². The lowest BCUT2D eigenvalue weighted by Crippen LogP contribution is -2.37. The third-order valence-corrected chi connectivity index (χ3v) is 6.57. The number of hydrogen-bond donors (Lipinski definition) is 0. The zero-order valence-corrected chi connectivity index (χ0v) is 16.4. The van der Waals surface area contributed by atoms with Gasteiger partial charge in [0.05, 0.1) is 18.2 Å². The molecule has 0 amide bonds. The van der Waals surface area contributed by atoms with Crippen molar-refractivity contribution in [1.29, 1.82) is 0 Å². The molecule has 1 saturated heterocycles. The van der Waals surface area contributed by atoms with Crippen LogP contribution in [0.4, 0.5) is 0 Å². The van der Waals surface area contributed by atoms with Crippen LogP contribution in [-0.4, -0.2) is 47.2 Å². The van der Waals surface area contributed by atoms with E-state index in [2.05, 4.69) is 16.1 Å². The van der Waals surface area contributed by atoms with Gasteiger partial charge in [-0.25, -0.2) is 13.1 Å². The Kier molecular flexibility index (Phi) is 5.13. The molecule has 1 fully saturated rings. The molecule has 1 aliphatic rings. The second-order valence-corrected chi connectivity index (χ2v) is 9.23. The van der Waals surface area contributed by atoms with Crippen LogP contribution >= 0.6 is 12.2 Å². The van der Waals surface area contributed by atoms with Crippen LogP contribution < -0.4 is 0 Å². The SMILES string of the molecule is CCN(Cn1nc(-c2cc(C)cc(C)c2)oc1=S)[C@H]1CCS(=O)(=O)C1. The maximum absolute atomic E-state index is 11.7. The lowest BCUT2D eigenvalue weighted by Gasteiger charge is -2.25. The van der Waals surface area contributed by atoms with Crippen LogP contribution in [0.2, 0.25) is 0 Å². The Morgan fingerprint density at radius 3 is 2.56 bits per heavy atom. The van der Waals surface area contributed by atoms with Crippen molar-refractivity contribution in [3.63, 3.8) is 0 Å². The van der Waals surface area contributed by atoms with Gasteiger partial charge in [-0.3, -0.25) is 4.90 Å². The van der Waals surface area contributed by atoms with Crippen molar-refractivity contribution >= 4 is 22.1 Å². The minimum Gasteiger partial charge on any atom is -0.409 e. The third kappa shape index (κ3) is 4.19. The summed E-state index contributed by atoms with van der Waals surface area (Å²) in [4.78, 5) is 2.39. The number of sulfone groups is 1. The quantitative estimate of drug-likeness (QED) is 0.742. The second-order valence-electron chi connectivity index (χ2n) is 6.65. The first-order valence-corrected chi connectivity index (χ1v) is 10.6. The molecule has 0 N–H and O–H groups in total. The summed E-state index contributed by atoms with van der Waals surface area (Å²) in [5, 5.41) is 4.51. The van der Waals surface area contributed by atoms with Crippen molar-refractivity contribution in [3.05, 3.63) is 34.2 Å². The summed E-state index contributed by atoms with van der Waals surface area (Å²) in [5.41, 5.74) is 3.17. The molecule has 8 heteroatoms. The lowest BCUT2D eigenvalue weighted by atomic mass is 10.1. The van der Waals surface area contributed by atoms with Crippen molar-refractivity contribution in [2.75, 3.05) is 18.1 Å². The van der Waals surface area contributed by atoms with Gasteiger partial charge in [-0.05, 0) is 51.2 Å². The molecule has 0 radical (unpaired) electrons. The summed E-state index contributed by atoms with van der Waals surface area (Å²) >= 11 is 5.31. The van der Waals surface area contributed by atoms with Crippen LogP contribution in [0.15, 0.2) is 22.6 Å². The van der Waals surface area contributed by atoms with Gasteiger partial charge in [-0.2, -0.15) is 0 Å². The lowest BCUT2D eigenvalue weighted by molar-refractivity contribution is 0.162. The highest BCUT2D eigenvalue weighted by Crippen LogP contribution is 2.22. The Morgan fingerprint density at radius 2 is 2.00 bits per heavy atom. The largest absolute Gasteiger partial charge is 0.409 e. The van der Waals surface area contributed by atoms with E-state index in [4.69, 9.17) is 16.6 Å². The predicted molar refractivity (Wildman–Crippen MR) is 99.7 cm³/mol. The molecule has 3 rings (SSSR count). The van der Waals surface area contributed by atoms with Gasteiger partial charge in [0.25, 0.3) is 4.84 Å². The van der Waals surface area contributed by atoms with Crippen molar-refractivity contribution < 1.29 is 12.8 Å². The van der Waals surface area contributed by atoms with Crippen LogP contribution in [0.1, 0.15) is 24.5 Å². The molecule has 0 bridgehead atoms. The topological polar surface area (TPSA) is 68.3 Å². The van der Waals surface area contributed by atoms with E-state index in [1.165, 1.54) is 0 Å². The van der Waals surface area contributed by atoms with E-state index in [0.29, 0.717) is 23.8 Å². The monoisotopic (exact) mass is 381 g/mol. The Balaban J connectivity index is 1.83. The summed E-state index contributed by atoms with van der Waals surface area (Å²) in [6.45, 7) is 7.24. The summed E-state index contributed by atoms with van der Waals surface area (Å²) in [5.74, 6) is 0.953. The highest BCUT2D eigenvalue weighted by atomic mass is 32.2. The van der Waals surface area contributed by atoms with E-state index >= 15 is 0 Å². The molecule has 2 aromatic rings. The van der Waals surface area contributed by atoms with Crippen LogP contribution in [0.5, 0.6) is 0 Å². The summed E-state index contributed by atoms with van der Waals surface area (Å²) in [7, 11) is -2.92. The number of aromatic nitrogens is 2. The summed E-state index contributed by atoms with van der Waals surface area (Å²) < 4.78 is 30.8. The summed E-state index contributed by atoms with van der Waals surface area (Å²) in [6.07, 6.45) is 0.658. The standard InChI is InChI=1S/C17H23N3O3S2/c1-4-19(15-5-6-25(21,22)10-15)11-20-17(24)23-16(18-20)14-8-12(2)7-13(3)9-14/h7-9,15H,4-6,10-11H2,1-3H3/t15-/m0/s1. The van der Waals surface area contributed by atoms with Crippen molar-refractivity contribution in [2.45, 2.75) is 39.9 Å². The van der Waals surface area contributed by atoms with Gasteiger partial charge in [0.1, 0.15) is 0 Å². The smallest absolute Gasteiger partial charge is 0.288 e. The number of nitrogens with zero attached hydrogens (tertiary/aromatic N) is 3. The molecular weight excluding hydrogens is 358 g/mol. The minimum atomic E-state index is -2.92. The summed E-state index contributed by atoms with van der Waals surface area (Å²) in [6, 6.07) is 6.13. The van der Waals surface area contributed by atoms with Gasteiger partial charge in [-0.15, -0.1) is 5.10 Å². The number of benzene rings is 1. The molecule has 2 heterocycles. The molecule has 25 heavy (non-hydrogen) atoms. The number of hydrogen-bond acceptors (Lipinski definition) is 6. The molecule has 1 aromatic heterocycles. The minimum absolute atomic E-state index is 0.0123. The molecular formula is C17H23N3O3S2. The highest BCUT2D eigenvalue weighted by molar-refractivity contribution is 7.91. The number of rotatable bonds is 5. The van der Waals surface area contributed by atoms with Crippen LogP contribution in [0.3, 0.4) is 0 Å². The average molecular weight is 382 g/mol. The predicted octanol–water partition coefficient (Wildman–Crippen LogP) is 2.96. The van der Waals surface area contributed by atoms with E-state index in [1.54, 1.807) is 4.68 Å². The molecule has 1 atom stereocenters. The first-order chi connectivity index (χ1) is 11.8. The molecule has 6 nitrogen and oxygen atoms in total. The van der Waals surface area contributed by atoms with Gasteiger partial charge < -0.3 is 4.42 Å². The van der Waals surface area contributed by atoms with Gasteiger partial charge in [0.2, 0.25) is 5.89 Å². The first-order valence-electron chi connectivity index (χ1n) is 8.38. The van der Waals surface area contributed by atoms with Gasteiger partial charge in [0.15, 0.2) is 9.84 Å². The molecule has 1 aromatic carbocycles. The van der Waals surface area contributed by atoms with E-state index < -0.39 is 9.84 Å². The molecule has 0 aliphatic carbocycles. The Labute approximate surface area is 153 Å².